The van der Waals surface area contributed by atoms with Gasteiger partial charge >= 0.3 is 0 Å². The Morgan fingerprint density at radius 2 is 1.96 bits per heavy atom. The highest BCUT2D eigenvalue weighted by Crippen LogP contribution is 2.32. The third-order valence-electron chi connectivity index (χ3n) is 4.71. The van der Waals surface area contributed by atoms with Gasteiger partial charge < -0.3 is 9.32 Å². The molecule has 3 heterocycles. The van der Waals surface area contributed by atoms with Gasteiger partial charge in [-0.3, -0.25) is 9.78 Å². The maximum Gasteiger partial charge on any atom is 0.256 e. The van der Waals surface area contributed by atoms with Gasteiger partial charge in [0.15, 0.2) is 0 Å². The molecule has 1 aliphatic heterocycles. The van der Waals surface area contributed by atoms with Crippen LogP contribution in [-0.2, 0) is 0 Å². The second-order valence-corrected chi connectivity index (χ2v) is 7.48. The molecular weight excluding hydrogens is 408 g/mol. The number of carbonyl (C=O) groups is 1. The van der Waals surface area contributed by atoms with E-state index in [2.05, 4.69) is 31.1 Å². The summed E-state index contributed by atoms with van der Waals surface area (Å²) in [6.07, 6.45) is 7.14. The zero-order valence-corrected chi connectivity index (χ0v) is 16.3. The fourth-order valence-corrected chi connectivity index (χ4v) is 3.73. The smallest absolute Gasteiger partial charge is 0.256 e. The van der Waals surface area contributed by atoms with Crippen molar-refractivity contribution in [2.24, 2.45) is 0 Å². The molecule has 0 bridgehead atoms. The summed E-state index contributed by atoms with van der Waals surface area (Å²) in [7, 11) is 0. The predicted octanol–water partition coefficient (Wildman–Crippen LogP) is 4.65. The average Bonchev–Trinajstić information content (AvgIpc) is 3.06. The van der Waals surface area contributed by atoms with Crippen molar-refractivity contribution < 1.29 is 9.21 Å². The molecule has 0 saturated carbocycles. The Balaban J connectivity index is 1.64. The monoisotopic (exact) mass is 426 g/mol. The summed E-state index contributed by atoms with van der Waals surface area (Å²) in [5.74, 6) is 0.911. The average molecular weight is 427 g/mol. The minimum atomic E-state index is -0.219. The summed E-state index contributed by atoms with van der Waals surface area (Å²) >= 11 is 3.39. The zero-order valence-electron chi connectivity index (χ0n) is 14.7. The van der Waals surface area contributed by atoms with Crippen molar-refractivity contribution in [2.75, 3.05) is 6.54 Å². The van der Waals surface area contributed by atoms with Crippen LogP contribution < -0.4 is 0 Å². The van der Waals surface area contributed by atoms with Gasteiger partial charge in [0.05, 0.1) is 5.56 Å². The van der Waals surface area contributed by atoms with Crippen molar-refractivity contribution in [3.8, 4) is 11.5 Å². The summed E-state index contributed by atoms with van der Waals surface area (Å²) < 4.78 is 6.75. The van der Waals surface area contributed by atoms with Gasteiger partial charge in [-0.1, -0.05) is 31.0 Å². The van der Waals surface area contributed by atoms with E-state index in [-0.39, 0.29) is 11.9 Å². The lowest BCUT2D eigenvalue weighted by Gasteiger charge is -2.27. The van der Waals surface area contributed by atoms with Crippen LogP contribution in [0.15, 0.2) is 57.7 Å². The number of pyridine rings is 1. The zero-order chi connectivity index (χ0) is 18.6. The Bertz CT molecular complexity index is 928. The van der Waals surface area contributed by atoms with Gasteiger partial charge in [0.25, 0.3) is 5.91 Å². The molecule has 138 valence electrons. The van der Waals surface area contributed by atoms with Gasteiger partial charge in [-0.05, 0) is 47.0 Å². The van der Waals surface area contributed by atoms with E-state index in [0.717, 1.165) is 35.7 Å². The maximum absolute atomic E-state index is 13.1. The van der Waals surface area contributed by atoms with Crippen LogP contribution >= 0.6 is 15.9 Å². The summed E-state index contributed by atoms with van der Waals surface area (Å²) in [6.45, 7) is 0.666. The number of hydrogen-bond acceptors (Lipinski definition) is 5. The van der Waals surface area contributed by atoms with Crippen molar-refractivity contribution in [1.29, 1.82) is 0 Å². The number of likely N-dealkylation sites (tertiary alicyclic amines) is 1. The predicted molar refractivity (Wildman–Crippen MR) is 104 cm³/mol. The molecule has 2 aromatic heterocycles. The molecule has 4 rings (SSSR count). The van der Waals surface area contributed by atoms with Crippen molar-refractivity contribution >= 4 is 21.8 Å². The lowest BCUT2D eigenvalue weighted by molar-refractivity contribution is 0.0652. The van der Waals surface area contributed by atoms with Gasteiger partial charge in [-0.25, -0.2) is 0 Å². The number of nitrogens with zero attached hydrogens (tertiary/aromatic N) is 4. The number of hydrogen-bond donors (Lipinski definition) is 0. The van der Waals surface area contributed by atoms with Crippen LogP contribution in [0.2, 0.25) is 0 Å². The highest BCUT2D eigenvalue weighted by molar-refractivity contribution is 9.10. The summed E-state index contributed by atoms with van der Waals surface area (Å²) in [5, 5.41) is 8.46. The van der Waals surface area contributed by atoms with Crippen LogP contribution in [0.5, 0.6) is 0 Å². The van der Waals surface area contributed by atoms with E-state index in [1.807, 2.05) is 35.2 Å². The van der Waals surface area contributed by atoms with Gasteiger partial charge in [0.2, 0.25) is 11.8 Å². The van der Waals surface area contributed by atoms with Crippen LogP contribution in [0.1, 0.15) is 48.0 Å². The van der Waals surface area contributed by atoms with E-state index in [4.69, 9.17) is 4.42 Å². The second kappa shape index (κ2) is 8.00. The van der Waals surface area contributed by atoms with Gasteiger partial charge in [0.1, 0.15) is 6.04 Å². The third kappa shape index (κ3) is 3.93. The third-order valence-corrected chi connectivity index (χ3v) is 5.15. The first-order valence-electron chi connectivity index (χ1n) is 9.03. The molecule has 1 aliphatic rings. The summed E-state index contributed by atoms with van der Waals surface area (Å²) in [6, 6.07) is 11.2. The number of rotatable bonds is 3. The minimum absolute atomic E-state index is 0.0600. The van der Waals surface area contributed by atoms with Crippen LogP contribution in [0, 0.1) is 0 Å². The topological polar surface area (TPSA) is 72.1 Å². The Hall–Kier alpha value is -2.54. The van der Waals surface area contributed by atoms with Crippen LogP contribution in [-0.4, -0.2) is 32.5 Å². The fraction of sp³-hybridized carbons (Fsp3) is 0.300. The van der Waals surface area contributed by atoms with Crippen LogP contribution in [0.4, 0.5) is 0 Å². The number of benzene rings is 1. The Morgan fingerprint density at radius 1 is 1.11 bits per heavy atom. The largest absolute Gasteiger partial charge is 0.418 e. The number of amides is 1. The number of carbonyl (C=O) groups excluding carboxylic acids is 1. The second-order valence-electron chi connectivity index (χ2n) is 6.57. The molecule has 6 nitrogen and oxygen atoms in total. The van der Waals surface area contributed by atoms with Gasteiger partial charge in [0, 0.05) is 29.0 Å². The van der Waals surface area contributed by atoms with Crippen LogP contribution in [0.25, 0.3) is 11.5 Å². The van der Waals surface area contributed by atoms with Gasteiger partial charge in [-0.2, -0.15) is 0 Å². The number of halogens is 1. The molecule has 1 amide bonds. The van der Waals surface area contributed by atoms with Crippen molar-refractivity contribution in [3.05, 3.63) is 64.7 Å². The lowest BCUT2D eigenvalue weighted by Crippen LogP contribution is -2.35. The van der Waals surface area contributed by atoms with E-state index < -0.39 is 0 Å². The Kier molecular flexibility index (Phi) is 5.29. The first kappa shape index (κ1) is 17.9. The normalized spacial score (nSPS) is 17.5. The van der Waals surface area contributed by atoms with E-state index >= 15 is 0 Å². The molecule has 7 heteroatoms. The SMILES string of the molecule is O=C(c1cncc(Br)c1)N1CCCCCC1c1nnc(-c2ccccc2)o1. The first-order chi connectivity index (χ1) is 13.2. The molecule has 0 spiro atoms. The first-order valence-corrected chi connectivity index (χ1v) is 9.82. The Labute approximate surface area is 165 Å². The van der Waals surface area contributed by atoms with Gasteiger partial charge in [-0.15, -0.1) is 10.2 Å². The van der Waals surface area contributed by atoms with E-state index in [0.29, 0.717) is 23.9 Å². The standard InChI is InChI=1S/C20H19BrN4O2/c21-16-11-15(12-22-13-16)20(26)25-10-6-2-5-9-17(25)19-24-23-18(27-19)14-7-3-1-4-8-14/h1,3-4,7-8,11-13,17H,2,5-6,9-10H2. The maximum atomic E-state index is 13.1. The molecule has 1 atom stereocenters. The van der Waals surface area contributed by atoms with E-state index in [1.54, 1.807) is 18.5 Å². The molecule has 3 aromatic rings. The molecule has 27 heavy (non-hydrogen) atoms. The quantitative estimate of drug-likeness (QED) is 0.609. The molecule has 0 radical (unpaired) electrons. The molecule has 0 N–H and O–H groups in total. The molecule has 1 aromatic carbocycles. The highest BCUT2D eigenvalue weighted by atomic mass is 79.9. The summed E-state index contributed by atoms with van der Waals surface area (Å²) in [4.78, 5) is 19.1. The molecule has 1 fully saturated rings. The van der Waals surface area contributed by atoms with Crippen molar-refractivity contribution in [2.45, 2.75) is 31.7 Å². The van der Waals surface area contributed by atoms with Crippen molar-refractivity contribution in [1.82, 2.24) is 20.1 Å². The Morgan fingerprint density at radius 3 is 2.78 bits per heavy atom. The lowest BCUT2D eigenvalue weighted by atomic mass is 10.1. The van der Waals surface area contributed by atoms with E-state index in [1.165, 1.54) is 0 Å². The molecular formula is C20H19BrN4O2. The summed E-state index contributed by atoms with van der Waals surface area (Å²) in [5.41, 5.74) is 1.43. The fourth-order valence-electron chi connectivity index (χ4n) is 3.37. The molecule has 0 aliphatic carbocycles. The van der Waals surface area contributed by atoms with Crippen molar-refractivity contribution in [3.63, 3.8) is 0 Å². The van der Waals surface area contributed by atoms with Crippen LogP contribution in [0.3, 0.4) is 0 Å². The van der Waals surface area contributed by atoms with E-state index in [9.17, 15) is 4.79 Å². The minimum Gasteiger partial charge on any atom is -0.418 e. The molecule has 1 unspecified atom stereocenters. The number of aromatic nitrogens is 3. The highest BCUT2D eigenvalue weighted by Gasteiger charge is 2.31. The molecule has 1 saturated heterocycles.